The first-order valence-electron chi connectivity index (χ1n) is 3.61. The summed E-state index contributed by atoms with van der Waals surface area (Å²) in [4.78, 5) is 0.0255. The molecule has 1 rings (SSSR count). The smallest absolute Gasteiger partial charge is 0.244 e. The highest BCUT2D eigenvalue weighted by Gasteiger charge is 2.21. The lowest BCUT2D eigenvalue weighted by atomic mass is 10.4. The molecule has 74 valence electrons. The third kappa shape index (κ3) is 1.71. The van der Waals surface area contributed by atoms with Gasteiger partial charge in [0.2, 0.25) is 10.0 Å². The molecule has 0 fully saturated rings. The zero-order valence-electron chi connectivity index (χ0n) is 7.33. The van der Waals surface area contributed by atoms with Gasteiger partial charge < -0.3 is 5.11 Å². The van der Waals surface area contributed by atoms with Crippen LogP contribution in [0.15, 0.2) is 4.90 Å². The molecule has 0 unspecified atom stereocenters. The Morgan fingerprint density at radius 1 is 1.62 bits per heavy atom. The van der Waals surface area contributed by atoms with E-state index in [-0.39, 0.29) is 10.6 Å². The summed E-state index contributed by atoms with van der Waals surface area (Å²) in [7, 11) is -2.22. The van der Waals surface area contributed by atoms with Crippen LogP contribution in [0.4, 0.5) is 0 Å². The van der Waals surface area contributed by atoms with Gasteiger partial charge >= 0.3 is 0 Å². The van der Waals surface area contributed by atoms with Crippen LogP contribution in [0.5, 0.6) is 0 Å². The van der Waals surface area contributed by atoms with Gasteiger partial charge in [-0.05, 0) is 14.0 Å². The maximum atomic E-state index is 11.4. The van der Waals surface area contributed by atoms with Crippen LogP contribution in [-0.2, 0) is 16.6 Å². The Labute approximate surface area is 76.0 Å². The molecule has 7 heteroatoms. The number of sulfonamides is 1. The number of hydrogen-bond acceptors (Lipinski definition) is 4. The van der Waals surface area contributed by atoms with Gasteiger partial charge in [0, 0.05) is 0 Å². The molecule has 0 spiro atoms. The van der Waals surface area contributed by atoms with Crippen molar-refractivity contribution in [2.75, 3.05) is 7.05 Å². The number of aryl methyl sites for hydroxylation is 1. The summed E-state index contributed by atoms with van der Waals surface area (Å²) < 4.78 is 24.9. The number of nitrogens with zero attached hydrogens (tertiary/aromatic N) is 1. The molecule has 0 aliphatic carbocycles. The van der Waals surface area contributed by atoms with Gasteiger partial charge in [-0.2, -0.15) is 5.10 Å². The quantitative estimate of drug-likeness (QED) is 0.597. The van der Waals surface area contributed by atoms with E-state index in [9.17, 15) is 8.42 Å². The van der Waals surface area contributed by atoms with E-state index in [1.54, 1.807) is 6.92 Å². The van der Waals surface area contributed by atoms with Crippen molar-refractivity contribution in [3.63, 3.8) is 0 Å². The summed E-state index contributed by atoms with van der Waals surface area (Å²) >= 11 is 0. The van der Waals surface area contributed by atoms with Crippen LogP contribution in [0.3, 0.4) is 0 Å². The average Bonchev–Trinajstić information content (AvgIpc) is 2.47. The van der Waals surface area contributed by atoms with Crippen LogP contribution < -0.4 is 4.72 Å². The van der Waals surface area contributed by atoms with Crippen LogP contribution in [0, 0.1) is 6.92 Å². The highest BCUT2D eigenvalue weighted by molar-refractivity contribution is 7.89. The Morgan fingerprint density at radius 2 is 2.23 bits per heavy atom. The summed E-state index contributed by atoms with van der Waals surface area (Å²) in [5.74, 6) is 0. The lowest BCUT2D eigenvalue weighted by Crippen LogP contribution is -2.20. The number of aromatic amines is 1. The van der Waals surface area contributed by atoms with Crippen molar-refractivity contribution >= 4 is 10.0 Å². The van der Waals surface area contributed by atoms with E-state index in [2.05, 4.69) is 14.9 Å². The van der Waals surface area contributed by atoms with Crippen LogP contribution in [0.1, 0.15) is 11.4 Å². The van der Waals surface area contributed by atoms with Crippen LogP contribution in [0.2, 0.25) is 0 Å². The summed E-state index contributed by atoms with van der Waals surface area (Å²) in [6, 6.07) is 0. The van der Waals surface area contributed by atoms with E-state index < -0.39 is 16.6 Å². The molecule has 0 saturated carbocycles. The van der Waals surface area contributed by atoms with Crippen molar-refractivity contribution in [2.45, 2.75) is 18.4 Å². The van der Waals surface area contributed by atoms with Gasteiger partial charge in [0.05, 0.1) is 12.3 Å². The fraction of sp³-hybridized carbons (Fsp3) is 0.500. The first-order valence-corrected chi connectivity index (χ1v) is 5.09. The monoisotopic (exact) mass is 205 g/mol. The van der Waals surface area contributed by atoms with E-state index in [4.69, 9.17) is 5.11 Å². The van der Waals surface area contributed by atoms with E-state index in [0.717, 1.165) is 0 Å². The van der Waals surface area contributed by atoms with Gasteiger partial charge in [0.1, 0.15) is 10.6 Å². The second-order valence-corrected chi connectivity index (χ2v) is 4.31. The van der Waals surface area contributed by atoms with E-state index >= 15 is 0 Å². The first-order chi connectivity index (χ1) is 6.03. The largest absolute Gasteiger partial charge is 0.390 e. The van der Waals surface area contributed by atoms with Gasteiger partial charge in [-0.1, -0.05) is 0 Å². The number of rotatable bonds is 3. The topological polar surface area (TPSA) is 95.1 Å². The average molecular weight is 205 g/mol. The van der Waals surface area contributed by atoms with Crippen molar-refractivity contribution in [3.8, 4) is 0 Å². The van der Waals surface area contributed by atoms with Crippen LogP contribution in [0.25, 0.3) is 0 Å². The van der Waals surface area contributed by atoms with Crippen LogP contribution in [-0.4, -0.2) is 30.8 Å². The molecule has 1 aromatic rings. The Kier molecular flexibility index (Phi) is 2.69. The lowest BCUT2D eigenvalue weighted by Gasteiger charge is -2.01. The number of H-pyrrole nitrogens is 1. The molecule has 1 heterocycles. The molecular formula is C6H11N3O3S. The Hall–Kier alpha value is -0.920. The predicted octanol–water partition coefficient (Wildman–Crippen LogP) is -0.881. The number of hydrogen-bond donors (Lipinski definition) is 3. The van der Waals surface area contributed by atoms with Crippen molar-refractivity contribution in [1.82, 2.24) is 14.9 Å². The van der Waals surface area contributed by atoms with Gasteiger partial charge in [-0.3, -0.25) is 5.10 Å². The number of aromatic nitrogens is 2. The summed E-state index contributed by atoms with van der Waals surface area (Å²) in [5.41, 5.74) is 0.547. The summed E-state index contributed by atoms with van der Waals surface area (Å²) in [5, 5.41) is 15.0. The molecule has 0 aliphatic heterocycles. The van der Waals surface area contributed by atoms with Crippen molar-refractivity contribution < 1.29 is 13.5 Å². The Balaban J connectivity index is 3.35. The third-order valence-electron chi connectivity index (χ3n) is 1.65. The maximum absolute atomic E-state index is 11.4. The fourth-order valence-corrected chi connectivity index (χ4v) is 2.11. The van der Waals surface area contributed by atoms with Crippen molar-refractivity contribution in [2.24, 2.45) is 0 Å². The minimum absolute atomic E-state index is 0.0255. The van der Waals surface area contributed by atoms with Gasteiger partial charge in [-0.15, -0.1) is 0 Å². The minimum Gasteiger partial charge on any atom is -0.390 e. The second-order valence-electron chi connectivity index (χ2n) is 2.49. The molecule has 6 nitrogen and oxygen atoms in total. The highest BCUT2D eigenvalue weighted by atomic mass is 32.2. The maximum Gasteiger partial charge on any atom is 0.244 e. The molecule has 3 N–H and O–H groups in total. The van der Waals surface area contributed by atoms with Crippen LogP contribution >= 0.6 is 0 Å². The number of nitrogens with one attached hydrogen (secondary N) is 2. The van der Waals surface area contributed by atoms with Gasteiger partial charge in [0.25, 0.3) is 0 Å². The SMILES string of the molecule is CNS(=O)(=O)c1c(CO)n[nH]c1C. The molecule has 13 heavy (non-hydrogen) atoms. The standard InChI is InChI=1S/C6H11N3O3S/c1-4-6(13(11,12)7-2)5(3-10)9-8-4/h7,10H,3H2,1-2H3,(H,8,9). The molecule has 0 atom stereocenters. The zero-order chi connectivity index (χ0) is 10.1. The van der Waals surface area contributed by atoms with Crippen molar-refractivity contribution in [1.29, 1.82) is 0 Å². The molecular weight excluding hydrogens is 194 g/mol. The Morgan fingerprint density at radius 3 is 2.69 bits per heavy atom. The molecule has 0 aliphatic rings. The van der Waals surface area contributed by atoms with E-state index in [0.29, 0.717) is 5.69 Å². The molecule has 0 radical (unpaired) electrons. The summed E-state index contributed by atoms with van der Waals surface area (Å²) in [6.45, 7) is 1.18. The molecule has 1 aromatic heterocycles. The minimum atomic E-state index is -3.53. The van der Waals surface area contributed by atoms with E-state index in [1.165, 1.54) is 7.05 Å². The Bertz CT molecular complexity index is 395. The molecule has 0 amide bonds. The molecule has 0 bridgehead atoms. The number of aliphatic hydroxyl groups excluding tert-OH is 1. The molecule has 0 aromatic carbocycles. The lowest BCUT2D eigenvalue weighted by molar-refractivity contribution is 0.273. The third-order valence-corrected chi connectivity index (χ3v) is 3.27. The number of aliphatic hydroxyl groups is 1. The zero-order valence-corrected chi connectivity index (χ0v) is 8.14. The second kappa shape index (κ2) is 3.44. The van der Waals surface area contributed by atoms with E-state index in [1.807, 2.05) is 0 Å². The predicted molar refractivity (Wildman–Crippen MR) is 45.5 cm³/mol. The van der Waals surface area contributed by atoms with Crippen molar-refractivity contribution in [3.05, 3.63) is 11.4 Å². The molecule has 0 saturated heterocycles. The highest BCUT2D eigenvalue weighted by Crippen LogP contribution is 2.16. The fourth-order valence-electron chi connectivity index (χ4n) is 1.04. The first kappa shape index (κ1) is 10.2. The normalized spacial score (nSPS) is 11.9. The summed E-state index contributed by atoms with van der Waals surface area (Å²) in [6.07, 6.45) is 0. The van der Waals surface area contributed by atoms with Gasteiger partial charge in [-0.25, -0.2) is 13.1 Å². The van der Waals surface area contributed by atoms with Gasteiger partial charge in [0.15, 0.2) is 0 Å².